The molecule has 19 heteroatoms. The Balaban J connectivity index is 5.48. The molecule has 0 saturated carbocycles. The number of phosphoric ester groups is 2. The van der Waals surface area contributed by atoms with E-state index in [-0.39, 0.29) is 25.7 Å². The van der Waals surface area contributed by atoms with Crippen LogP contribution in [0.2, 0.25) is 0 Å². The van der Waals surface area contributed by atoms with Crippen molar-refractivity contribution in [1.82, 2.24) is 0 Å². The lowest BCUT2D eigenvalue weighted by molar-refractivity contribution is -0.161. The van der Waals surface area contributed by atoms with Crippen LogP contribution in [0.5, 0.6) is 0 Å². The molecular weight excluding hydrogens is 1350 g/mol. The molecule has 0 amide bonds. The molecule has 0 aliphatic heterocycles. The van der Waals surface area contributed by atoms with Crippen LogP contribution in [0.15, 0.2) is 146 Å². The molecule has 17 nitrogen and oxygen atoms in total. The Bertz CT molecular complexity index is 2540. The quantitative estimate of drug-likeness (QED) is 0.0169. The SMILES string of the molecule is CC/C=C\C/C=C\C/C=C\C/C=C\C/C=C\C/C=C\CCC(=O)OCC(COP(=O)(O)OCC(O)COP(=O)(O)OCC(COC(=O)CCCCCCC/C=C\CCCCCCCC)OC(=O)CCCCCCCCCCCCCCC)OC(=O)CCC/C=C\C/C=C\C/C=C\C/C=C\C/C=C\CC. The summed E-state index contributed by atoms with van der Waals surface area (Å²) in [6, 6.07) is 0. The Morgan fingerprint density at radius 3 is 0.875 bits per heavy atom. The van der Waals surface area contributed by atoms with Gasteiger partial charge in [0.15, 0.2) is 12.2 Å². The molecule has 0 radical (unpaired) electrons. The smallest absolute Gasteiger partial charge is 0.462 e. The van der Waals surface area contributed by atoms with Crippen LogP contribution in [-0.4, -0.2) is 96.7 Å². The highest BCUT2D eigenvalue weighted by atomic mass is 31.2. The van der Waals surface area contributed by atoms with Crippen LogP contribution >= 0.6 is 15.6 Å². The Labute approximate surface area is 630 Å². The number of aliphatic hydroxyl groups excluding tert-OH is 1. The number of phosphoric acid groups is 2. The summed E-state index contributed by atoms with van der Waals surface area (Å²) < 4.78 is 68.5. The number of carbonyl (C=O) groups excluding carboxylic acids is 4. The van der Waals surface area contributed by atoms with E-state index in [9.17, 15) is 43.2 Å². The zero-order chi connectivity index (χ0) is 76.0. The molecule has 0 aromatic rings. The van der Waals surface area contributed by atoms with Crippen LogP contribution in [0.4, 0.5) is 0 Å². The van der Waals surface area contributed by atoms with Crippen molar-refractivity contribution < 1.29 is 80.2 Å². The number of esters is 4. The standard InChI is InChI=1S/C85H142O17P2/c1-5-9-13-17-21-25-29-33-36-38-39-41-43-47-50-54-58-62-66-70-83(88)96-76-81(102-85(90)72-68-64-60-56-52-48-44-40-37-34-30-26-22-18-14-10-6-2)78-100-104(93,94)98-74-79(86)73-97-103(91,92)99-77-80(101-84(89)71-67-63-59-55-51-45-32-28-24-20-16-12-8-4)75-95-82(87)69-65-61-57-53-49-46-42-35-31-27-23-19-15-11-7-3/h9-10,13-14,21-22,25-26,33-37,39,41-42,44,47-48,50,56,58,60,62,79-81,86H,5-8,11-12,15-20,23-24,27-32,38,40,43,45-46,49,51-55,57,59,61,63-78H2,1-4H3,(H,91,92)(H,93,94)/b13-9-,14-10-,25-21-,26-22-,36-33-,37-34-,41-39-,42-35-,48-44-,50-47-,60-56-,62-58-. The fraction of sp³-hybridized carbons (Fsp3) is 0.671. The Morgan fingerprint density at radius 2 is 0.529 bits per heavy atom. The topological polar surface area (TPSA) is 237 Å². The second-order valence-corrected chi connectivity index (χ2v) is 29.2. The van der Waals surface area contributed by atoms with Gasteiger partial charge >= 0.3 is 39.5 Å². The lowest BCUT2D eigenvalue weighted by atomic mass is 10.0. The second-order valence-electron chi connectivity index (χ2n) is 26.2. The average molecular weight is 1500 g/mol. The number of aliphatic hydroxyl groups is 1. The Morgan fingerprint density at radius 1 is 0.279 bits per heavy atom. The third-order valence-corrected chi connectivity index (χ3v) is 18.2. The van der Waals surface area contributed by atoms with Gasteiger partial charge in [0.2, 0.25) is 0 Å². The fourth-order valence-electron chi connectivity index (χ4n) is 10.3. The monoisotopic (exact) mass is 1500 g/mol. The zero-order valence-electron chi connectivity index (χ0n) is 64.9. The molecule has 0 saturated heterocycles. The van der Waals surface area contributed by atoms with Crippen LogP contribution in [-0.2, 0) is 65.4 Å². The molecule has 3 N–H and O–H groups in total. The number of ether oxygens (including phenoxy) is 4. The van der Waals surface area contributed by atoms with E-state index < -0.39 is 97.5 Å². The second kappa shape index (κ2) is 76.1. The summed E-state index contributed by atoms with van der Waals surface area (Å²) in [6.45, 7) is 4.49. The van der Waals surface area contributed by atoms with Crippen molar-refractivity contribution in [1.29, 1.82) is 0 Å². The molecule has 0 aromatic carbocycles. The first-order valence-electron chi connectivity index (χ1n) is 40.1. The van der Waals surface area contributed by atoms with Crippen LogP contribution in [0.1, 0.15) is 310 Å². The summed E-state index contributed by atoms with van der Waals surface area (Å²) in [5.74, 6) is -2.35. The maximum absolute atomic E-state index is 13.1. The van der Waals surface area contributed by atoms with Crippen molar-refractivity contribution in [2.75, 3.05) is 39.6 Å². The van der Waals surface area contributed by atoms with E-state index in [1.807, 2.05) is 30.4 Å². The van der Waals surface area contributed by atoms with E-state index in [4.69, 9.17) is 37.0 Å². The van der Waals surface area contributed by atoms with E-state index >= 15 is 0 Å². The van der Waals surface area contributed by atoms with Gasteiger partial charge in [-0.2, -0.15) is 0 Å². The van der Waals surface area contributed by atoms with E-state index in [0.717, 1.165) is 128 Å². The van der Waals surface area contributed by atoms with Crippen LogP contribution < -0.4 is 0 Å². The molecule has 0 aliphatic carbocycles. The normalized spacial score (nSPS) is 14.6. The van der Waals surface area contributed by atoms with Crippen molar-refractivity contribution in [3.05, 3.63) is 146 Å². The van der Waals surface area contributed by atoms with Crippen molar-refractivity contribution in [3.63, 3.8) is 0 Å². The number of carbonyl (C=O) groups is 4. The van der Waals surface area contributed by atoms with Gasteiger partial charge in [-0.25, -0.2) is 9.13 Å². The highest BCUT2D eigenvalue weighted by molar-refractivity contribution is 7.47. The highest BCUT2D eigenvalue weighted by Gasteiger charge is 2.30. The maximum atomic E-state index is 13.1. The number of allylic oxidation sites excluding steroid dienone is 24. The first-order chi connectivity index (χ1) is 50.7. The van der Waals surface area contributed by atoms with E-state index in [1.54, 1.807) is 0 Å². The molecule has 0 heterocycles. The number of hydrogen-bond acceptors (Lipinski definition) is 15. The Hall–Kier alpha value is -5.06. The summed E-state index contributed by atoms with van der Waals surface area (Å²) in [4.78, 5) is 73.0. The maximum Gasteiger partial charge on any atom is 0.472 e. The zero-order valence-corrected chi connectivity index (χ0v) is 66.7. The third-order valence-electron chi connectivity index (χ3n) is 16.3. The van der Waals surface area contributed by atoms with Gasteiger partial charge in [-0.15, -0.1) is 0 Å². The van der Waals surface area contributed by atoms with Crippen molar-refractivity contribution in [2.45, 2.75) is 329 Å². The summed E-state index contributed by atoms with van der Waals surface area (Å²) >= 11 is 0. The molecule has 5 unspecified atom stereocenters. The van der Waals surface area contributed by atoms with E-state index in [2.05, 4.69) is 143 Å². The van der Waals surface area contributed by atoms with Gasteiger partial charge in [0.1, 0.15) is 19.3 Å². The van der Waals surface area contributed by atoms with Gasteiger partial charge in [0, 0.05) is 25.7 Å². The first kappa shape index (κ1) is 98.9. The van der Waals surface area contributed by atoms with Crippen molar-refractivity contribution in [3.8, 4) is 0 Å². The molecule has 0 spiro atoms. The lowest BCUT2D eigenvalue weighted by Gasteiger charge is -2.21. The van der Waals surface area contributed by atoms with Gasteiger partial charge in [-0.1, -0.05) is 302 Å². The minimum absolute atomic E-state index is 0.00355. The lowest BCUT2D eigenvalue weighted by Crippen LogP contribution is -2.30. The highest BCUT2D eigenvalue weighted by Crippen LogP contribution is 2.45. The molecule has 0 bridgehead atoms. The molecule has 0 aliphatic rings. The van der Waals surface area contributed by atoms with Gasteiger partial charge in [-0.3, -0.25) is 37.3 Å². The van der Waals surface area contributed by atoms with E-state index in [0.29, 0.717) is 38.5 Å². The molecule has 594 valence electrons. The minimum Gasteiger partial charge on any atom is -0.462 e. The predicted molar refractivity (Wildman–Crippen MR) is 427 cm³/mol. The van der Waals surface area contributed by atoms with Crippen LogP contribution in [0, 0.1) is 0 Å². The van der Waals surface area contributed by atoms with E-state index in [1.165, 1.54) is 89.9 Å². The van der Waals surface area contributed by atoms with Crippen molar-refractivity contribution >= 4 is 39.5 Å². The number of hydrogen-bond donors (Lipinski definition) is 3. The van der Waals surface area contributed by atoms with Crippen LogP contribution in [0.25, 0.3) is 0 Å². The van der Waals surface area contributed by atoms with Crippen LogP contribution in [0.3, 0.4) is 0 Å². The number of rotatable bonds is 74. The minimum atomic E-state index is -5.01. The summed E-state index contributed by atoms with van der Waals surface area (Å²) in [5, 5.41) is 10.6. The molecule has 0 aromatic heterocycles. The molecule has 0 rings (SSSR count). The summed E-state index contributed by atoms with van der Waals surface area (Å²) in [7, 11) is -10.0. The third kappa shape index (κ3) is 75.2. The van der Waals surface area contributed by atoms with Gasteiger partial charge in [-0.05, 0) is 128 Å². The van der Waals surface area contributed by atoms with Gasteiger partial charge < -0.3 is 33.8 Å². The molecule has 5 atom stereocenters. The Kier molecular flexibility index (Phi) is 72.4. The first-order valence-corrected chi connectivity index (χ1v) is 43.1. The summed E-state index contributed by atoms with van der Waals surface area (Å²) in [6.07, 6.45) is 87.1. The van der Waals surface area contributed by atoms with Gasteiger partial charge in [0.25, 0.3) is 0 Å². The summed E-state index contributed by atoms with van der Waals surface area (Å²) in [5.41, 5.74) is 0. The largest absolute Gasteiger partial charge is 0.472 e. The predicted octanol–water partition coefficient (Wildman–Crippen LogP) is 23.4. The molecular formula is C85H142O17P2. The van der Waals surface area contributed by atoms with Crippen molar-refractivity contribution in [2.24, 2.45) is 0 Å². The van der Waals surface area contributed by atoms with Gasteiger partial charge in [0.05, 0.1) is 26.4 Å². The molecule has 104 heavy (non-hydrogen) atoms. The molecule has 0 fully saturated rings. The average Bonchev–Trinajstić information content (AvgIpc) is 0.911. The fourth-order valence-corrected chi connectivity index (χ4v) is 11.9. The number of unbranched alkanes of at least 4 members (excludes halogenated alkanes) is 24.